The molecule has 0 aromatic heterocycles. The number of unbranched alkanes of at least 4 members (excludes halogenated alkanes) is 1. The van der Waals surface area contributed by atoms with Crippen LogP contribution in [0.3, 0.4) is 0 Å². The molecule has 0 saturated carbocycles. The van der Waals surface area contributed by atoms with Gasteiger partial charge in [-0.15, -0.1) is 0 Å². The van der Waals surface area contributed by atoms with Crippen LogP contribution in [0.15, 0.2) is 18.2 Å². The molecule has 0 spiro atoms. The van der Waals surface area contributed by atoms with Gasteiger partial charge < -0.3 is 4.90 Å². The Morgan fingerprint density at radius 1 is 1.40 bits per heavy atom. The Morgan fingerprint density at radius 3 is 2.67 bits per heavy atom. The smallest absolute Gasteiger partial charge is 0.0467 e. The molecule has 1 aromatic carbocycles. The van der Waals surface area contributed by atoms with Crippen molar-refractivity contribution in [1.29, 1.82) is 0 Å². The molecule has 0 aliphatic carbocycles. The lowest BCUT2D eigenvalue weighted by Crippen LogP contribution is -2.18. The summed E-state index contributed by atoms with van der Waals surface area (Å²) < 4.78 is 0. The third-order valence-corrected chi connectivity index (χ3v) is 3.42. The van der Waals surface area contributed by atoms with E-state index in [0.717, 1.165) is 22.5 Å². The topological polar surface area (TPSA) is 3.24 Å². The van der Waals surface area contributed by atoms with Crippen LogP contribution < -0.4 is 4.90 Å². The van der Waals surface area contributed by atoms with E-state index in [1.54, 1.807) is 0 Å². The van der Waals surface area contributed by atoms with Crippen molar-refractivity contribution in [2.75, 3.05) is 18.5 Å². The average Bonchev–Trinajstić information content (AvgIpc) is 2.25. The standard InChI is InChI=1S/C12H17BrClN/c1-3-4-7-15(2)11-6-5-10(9-13)12(14)8-11/h5-6,8H,3-4,7,9H2,1-2H3. The number of rotatable bonds is 5. The number of nitrogens with zero attached hydrogens (tertiary/aromatic N) is 1. The first-order valence-corrected chi connectivity index (χ1v) is 6.74. The van der Waals surface area contributed by atoms with Gasteiger partial charge in [-0.1, -0.05) is 46.9 Å². The first-order valence-electron chi connectivity index (χ1n) is 5.24. The molecule has 0 atom stereocenters. The maximum Gasteiger partial charge on any atom is 0.0467 e. The molecule has 0 radical (unpaired) electrons. The first-order chi connectivity index (χ1) is 7.19. The van der Waals surface area contributed by atoms with Crippen LogP contribution in [-0.4, -0.2) is 13.6 Å². The molecule has 1 aromatic rings. The summed E-state index contributed by atoms with van der Waals surface area (Å²) in [7, 11) is 2.11. The van der Waals surface area contributed by atoms with Crippen LogP contribution in [0.4, 0.5) is 5.69 Å². The van der Waals surface area contributed by atoms with Crippen molar-refractivity contribution >= 4 is 33.2 Å². The SMILES string of the molecule is CCCCN(C)c1ccc(CBr)c(Cl)c1. The van der Waals surface area contributed by atoms with Gasteiger partial charge in [0.1, 0.15) is 0 Å². The number of alkyl halides is 1. The van der Waals surface area contributed by atoms with Crippen LogP contribution in [0.1, 0.15) is 25.3 Å². The van der Waals surface area contributed by atoms with E-state index in [2.05, 4.69) is 46.9 Å². The molecule has 1 nitrogen and oxygen atoms in total. The number of anilines is 1. The minimum Gasteiger partial charge on any atom is -0.375 e. The van der Waals surface area contributed by atoms with Crippen LogP contribution in [-0.2, 0) is 5.33 Å². The van der Waals surface area contributed by atoms with E-state index in [1.165, 1.54) is 18.5 Å². The van der Waals surface area contributed by atoms with Crippen molar-refractivity contribution in [3.05, 3.63) is 28.8 Å². The third kappa shape index (κ3) is 3.69. The van der Waals surface area contributed by atoms with Gasteiger partial charge in [0.05, 0.1) is 0 Å². The second kappa shape index (κ2) is 6.39. The fourth-order valence-electron chi connectivity index (χ4n) is 1.41. The number of halogens is 2. The van der Waals surface area contributed by atoms with Crippen molar-refractivity contribution in [2.24, 2.45) is 0 Å². The van der Waals surface area contributed by atoms with Crippen LogP contribution in [0.2, 0.25) is 5.02 Å². The largest absolute Gasteiger partial charge is 0.375 e. The van der Waals surface area contributed by atoms with E-state index in [9.17, 15) is 0 Å². The zero-order chi connectivity index (χ0) is 11.3. The summed E-state index contributed by atoms with van der Waals surface area (Å²) in [5.74, 6) is 0. The lowest BCUT2D eigenvalue weighted by atomic mass is 10.2. The molecule has 15 heavy (non-hydrogen) atoms. The Bertz CT molecular complexity index is 314. The van der Waals surface area contributed by atoms with Crippen molar-refractivity contribution in [1.82, 2.24) is 0 Å². The van der Waals surface area contributed by atoms with E-state index in [-0.39, 0.29) is 0 Å². The summed E-state index contributed by atoms with van der Waals surface area (Å²) >= 11 is 9.56. The Labute approximate surface area is 106 Å². The average molecular weight is 291 g/mol. The normalized spacial score (nSPS) is 10.4. The van der Waals surface area contributed by atoms with E-state index >= 15 is 0 Å². The molecule has 1 rings (SSSR count). The summed E-state index contributed by atoms with van der Waals surface area (Å²) in [6, 6.07) is 6.24. The monoisotopic (exact) mass is 289 g/mol. The fourth-order valence-corrected chi connectivity index (χ4v) is 2.30. The number of hydrogen-bond acceptors (Lipinski definition) is 1. The van der Waals surface area contributed by atoms with Gasteiger partial charge in [0.15, 0.2) is 0 Å². The number of hydrogen-bond donors (Lipinski definition) is 0. The summed E-state index contributed by atoms with van der Waals surface area (Å²) in [6.07, 6.45) is 2.44. The highest BCUT2D eigenvalue weighted by Crippen LogP contribution is 2.24. The van der Waals surface area contributed by atoms with Crippen LogP contribution in [0, 0.1) is 0 Å². The van der Waals surface area contributed by atoms with Gasteiger partial charge in [-0.2, -0.15) is 0 Å². The molecule has 0 heterocycles. The molecule has 0 fully saturated rings. The van der Waals surface area contributed by atoms with E-state index in [4.69, 9.17) is 11.6 Å². The first kappa shape index (κ1) is 12.9. The third-order valence-electron chi connectivity index (χ3n) is 2.47. The fraction of sp³-hybridized carbons (Fsp3) is 0.500. The van der Waals surface area contributed by atoms with Gasteiger partial charge in [0.2, 0.25) is 0 Å². The summed E-state index contributed by atoms with van der Waals surface area (Å²) in [5.41, 5.74) is 2.34. The predicted molar refractivity (Wildman–Crippen MR) is 72.3 cm³/mol. The molecule has 0 bridgehead atoms. The maximum absolute atomic E-state index is 6.15. The van der Waals surface area contributed by atoms with Crippen LogP contribution >= 0.6 is 27.5 Å². The van der Waals surface area contributed by atoms with Gasteiger partial charge in [-0.3, -0.25) is 0 Å². The molecule has 0 saturated heterocycles. The Hall–Kier alpha value is -0.210. The van der Waals surface area contributed by atoms with E-state index in [0.29, 0.717) is 0 Å². The van der Waals surface area contributed by atoms with Crippen LogP contribution in [0.25, 0.3) is 0 Å². The lowest BCUT2D eigenvalue weighted by molar-refractivity contribution is 0.766. The van der Waals surface area contributed by atoms with Crippen molar-refractivity contribution in [3.8, 4) is 0 Å². The Morgan fingerprint density at radius 2 is 2.13 bits per heavy atom. The van der Waals surface area contributed by atoms with Crippen molar-refractivity contribution < 1.29 is 0 Å². The summed E-state index contributed by atoms with van der Waals surface area (Å²) in [5, 5.41) is 1.65. The zero-order valence-corrected chi connectivity index (χ0v) is 11.6. The Kier molecular flexibility index (Phi) is 5.48. The summed E-state index contributed by atoms with van der Waals surface area (Å²) in [4.78, 5) is 2.24. The second-order valence-electron chi connectivity index (χ2n) is 3.68. The highest BCUT2D eigenvalue weighted by Gasteiger charge is 2.04. The maximum atomic E-state index is 6.15. The van der Waals surface area contributed by atoms with Crippen LogP contribution in [0.5, 0.6) is 0 Å². The molecule has 3 heteroatoms. The number of benzene rings is 1. The van der Waals surface area contributed by atoms with Gasteiger partial charge >= 0.3 is 0 Å². The zero-order valence-electron chi connectivity index (χ0n) is 9.26. The van der Waals surface area contributed by atoms with Gasteiger partial charge in [-0.25, -0.2) is 0 Å². The van der Waals surface area contributed by atoms with E-state index < -0.39 is 0 Å². The minimum atomic E-state index is 0.810. The molecule has 0 N–H and O–H groups in total. The summed E-state index contributed by atoms with van der Waals surface area (Å²) in [6.45, 7) is 3.29. The molecule has 84 valence electrons. The van der Waals surface area contributed by atoms with E-state index in [1.807, 2.05) is 6.07 Å². The van der Waals surface area contributed by atoms with Gasteiger partial charge in [0, 0.05) is 29.6 Å². The highest BCUT2D eigenvalue weighted by atomic mass is 79.9. The minimum absolute atomic E-state index is 0.810. The molecule has 0 aliphatic rings. The highest BCUT2D eigenvalue weighted by molar-refractivity contribution is 9.08. The molecular weight excluding hydrogens is 273 g/mol. The van der Waals surface area contributed by atoms with Crippen molar-refractivity contribution in [2.45, 2.75) is 25.1 Å². The second-order valence-corrected chi connectivity index (χ2v) is 4.65. The quantitative estimate of drug-likeness (QED) is 0.723. The molecule has 0 aliphatic heterocycles. The van der Waals surface area contributed by atoms with Gasteiger partial charge in [-0.05, 0) is 24.1 Å². The molecule has 0 amide bonds. The van der Waals surface area contributed by atoms with Crippen molar-refractivity contribution in [3.63, 3.8) is 0 Å². The Balaban J connectivity index is 2.73. The lowest BCUT2D eigenvalue weighted by Gasteiger charge is -2.19. The predicted octanol–water partition coefficient (Wildman–Crippen LogP) is 4.47. The molecule has 0 unspecified atom stereocenters. The molecular formula is C12H17BrClN. The van der Waals surface area contributed by atoms with Gasteiger partial charge in [0.25, 0.3) is 0 Å².